The van der Waals surface area contributed by atoms with E-state index >= 15 is 0 Å². The van der Waals surface area contributed by atoms with Crippen molar-refractivity contribution in [3.05, 3.63) is 35.1 Å². The number of likely N-dealkylation sites (tertiary alicyclic amines) is 2. The van der Waals surface area contributed by atoms with Crippen molar-refractivity contribution in [2.45, 2.75) is 44.0 Å². The standard InChI is InChI=1S/C21H25F4N3O3/c1-20-12-27(8-7-17(20)31-11-18(29)26-20)19(30)28-9-13(10-28)5-6-14-15(21(23,24)25)3-2-4-16(14)22/h2-4,13,17H,5-12H2,1H3,(H,26,29)/t17-,20+/m0/s1. The van der Waals surface area contributed by atoms with Gasteiger partial charge in [-0.2, -0.15) is 13.2 Å². The smallest absolute Gasteiger partial charge is 0.366 e. The second-order valence-corrected chi connectivity index (χ2v) is 8.83. The average Bonchev–Trinajstić information content (AvgIpc) is 2.65. The predicted octanol–water partition coefficient (Wildman–Crippen LogP) is 2.81. The van der Waals surface area contributed by atoms with Gasteiger partial charge in [0.2, 0.25) is 5.91 Å². The summed E-state index contributed by atoms with van der Waals surface area (Å²) in [7, 11) is 0. The highest BCUT2D eigenvalue weighted by atomic mass is 19.4. The van der Waals surface area contributed by atoms with E-state index < -0.39 is 23.1 Å². The van der Waals surface area contributed by atoms with Crippen LogP contribution in [0.15, 0.2) is 18.2 Å². The van der Waals surface area contributed by atoms with Gasteiger partial charge in [0.1, 0.15) is 12.4 Å². The van der Waals surface area contributed by atoms with Gasteiger partial charge < -0.3 is 19.9 Å². The number of nitrogens with one attached hydrogen (secondary N) is 1. The van der Waals surface area contributed by atoms with E-state index in [1.807, 2.05) is 6.92 Å². The van der Waals surface area contributed by atoms with Gasteiger partial charge in [-0.3, -0.25) is 4.79 Å². The second kappa shape index (κ2) is 7.96. The van der Waals surface area contributed by atoms with Crippen molar-refractivity contribution < 1.29 is 31.9 Å². The normalized spacial score (nSPS) is 26.9. The second-order valence-electron chi connectivity index (χ2n) is 8.83. The molecule has 3 heterocycles. The molecule has 0 unspecified atom stereocenters. The van der Waals surface area contributed by atoms with Crippen molar-refractivity contribution in [2.75, 3.05) is 32.8 Å². The molecule has 31 heavy (non-hydrogen) atoms. The Bertz CT molecular complexity index is 872. The molecule has 0 saturated carbocycles. The largest absolute Gasteiger partial charge is 0.416 e. The topological polar surface area (TPSA) is 61.9 Å². The zero-order chi connectivity index (χ0) is 22.4. The zero-order valence-electron chi connectivity index (χ0n) is 17.2. The number of rotatable bonds is 3. The minimum absolute atomic E-state index is 0.0236. The van der Waals surface area contributed by atoms with E-state index in [1.165, 1.54) is 0 Å². The van der Waals surface area contributed by atoms with Crippen molar-refractivity contribution in [1.29, 1.82) is 0 Å². The number of nitrogens with zero attached hydrogens (tertiary/aromatic N) is 2. The maximum atomic E-state index is 14.0. The summed E-state index contributed by atoms with van der Waals surface area (Å²) in [6.45, 7) is 3.59. The van der Waals surface area contributed by atoms with Crippen LogP contribution in [-0.4, -0.2) is 66.2 Å². The predicted molar refractivity (Wildman–Crippen MR) is 103 cm³/mol. The summed E-state index contributed by atoms with van der Waals surface area (Å²) in [5.41, 5.74) is -1.89. The molecule has 0 bridgehead atoms. The fourth-order valence-electron chi connectivity index (χ4n) is 4.79. The summed E-state index contributed by atoms with van der Waals surface area (Å²) in [5, 5.41) is 2.92. The number of carbonyl (C=O) groups is 2. The first-order valence-electron chi connectivity index (χ1n) is 10.4. The lowest BCUT2D eigenvalue weighted by Crippen LogP contribution is -2.70. The molecular formula is C21H25F4N3O3. The average molecular weight is 443 g/mol. The van der Waals surface area contributed by atoms with Crippen LogP contribution in [0.2, 0.25) is 0 Å². The van der Waals surface area contributed by atoms with Crippen LogP contribution in [0.4, 0.5) is 22.4 Å². The Kier molecular flexibility index (Phi) is 5.61. The van der Waals surface area contributed by atoms with Crippen LogP contribution in [0.5, 0.6) is 0 Å². The molecular weight excluding hydrogens is 418 g/mol. The summed E-state index contributed by atoms with van der Waals surface area (Å²) < 4.78 is 59.0. The van der Waals surface area contributed by atoms with E-state index in [9.17, 15) is 27.2 Å². The Morgan fingerprint density at radius 3 is 2.74 bits per heavy atom. The molecule has 1 aromatic carbocycles. The van der Waals surface area contributed by atoms with Crippen LogP contribution in [0.1, 0.15) is 30.9 Å². The Morgan fingerprint density at radius 1 is 1.29 bits per heavy atom. The van der Waals surface area contributed by atoms with Crippen molar-refractivity contribution in [3.8, 4) is 0 Å². The number of halogens is 4. The number of benzene rings is 1. The molecule has 4 rings (SSSR count). The number of fused-ring (bicyclic) bond motifs is 1. The molecule has 3 amide bonds. The van der Waals surface area contributed by atoms with E-state index in [-0.39, 0.29) is 42.6 Å². The van der Waals surface area contributed by atoms with E-state index in [0.29, 0.717) is 39.0 Å². The Hall–Kier alpha value is -2.36. The number of amides is 3. The molecule has 3 fully saturated rings. The molecule has 2 atom stereocenters. The number of ether oxygens (including phenoxy) is 1. The zero-order valence-corrected chi connectivity index (χ0v) is 17.2. The lowest BCUT2D eigenvalue weighted by atomic mass is 9.86. The number of piperidine rings is 1. The van der Waals surface area contributed by atoms with Gasteiger partial charge in [0, 0.05) is 31.7 Å². The first-order chi connectivity index (χ1) is 14.6. The van der Waals surface area contributed by atoms with Gasteiger partial charge in [0.15, 0.2) is 0 Å². The van der Waals surface area contributed by atoms with Gasteiger partial charge in [0.25, 0.3) is 0 Å². The first-order valence-corrected chi connectivity index (χ1v) is 10.4. The molecule has 3 aliphatic heterocycles. The van der Waals surface area contributed by atoms with Crippen molar-refractivity contribution >= 4 is 11.9 Å². The summed E-state index contributed by atoms with van der Waals surface area (Å²) in [4.78, 5) is 27.8. The highest BCUT2D eigenvalue weighted by Gasteiger charge is 2.47. The van der Waals surface area contributed by atoms with E-state index in [1.54, 1.807) is 9.80 Å². The van der Waals surface area contributed by atoms with Crippen molar-refractivity contribution in [3.63, 3.8) is 0 Å². The lowest BCUT2D eigenvalue weighted by Gasteiger charge is -2.50. The highest BCUT2D eigenvalue weighted by molar-refractivity contribution is 5.80. The molecule has 10 heteroatoms. The number of carbonyl (C=O) groups excluding carboxylic acids is 2. The molecule has 3 saturated heterocycles. The van der Waals surface area contributed by atoms with E-state index in [4.69, 9.17) is 4.74 Å². The Labute approximate surface area is 177 Å². The van der Waals surface area contributed by atoms with Gasteiger partial charge in [-0.25, -0.2) is 9.18 Å². The van der Waals surface area contributed by atoms with Crippen LogP contribution in [0.3, 0.4) is 0 Å². The molecule has 0 aromatic heterocycles. The fraction of sp³-hybridized carbons (Fsp3) is 0.619. The van der Waals surface area contributed by atoms with Crippen LogP contribution in [-0.2, 0) is 22.1 Å². The summed E-state index contributed by atoms with van der Waals surface area (Å²) in [5.74, 6) is -1.03. The minimum Gasteiger partial charge on any atom is -0.366 e. The van der Waals surface area contributed by atoms with Gasteiger partial charge in [-0.05, 0) is 44.2 Å². The molecule has 0 spiro atoms. The molecule has 0 aliphatic carbocycles. The van der Waals surface area contributed by atoms with Crippen molar-refractivity contribution in [2.24, 2.45) is 5.92 Å². The monoisotopic (exact) mass is 443 g/mol. The molecule has 170 valence electrons. The van der Waals surface area contributed by atoms with Gasteiger partial charge in [-0.15, -0.1) is 0 Å². The van der Waals surface area contributed by atoms with Crippen LogP contribution in [0.25, 0.3) is 0 Å². The van der Waals surface area contributed by atoms with Gasteiger partial charge in [-0.1, -0.05) is 6.07 Å². The van der Waals surface area contributed by atoms with E-state index in [2.05, 4.69) is 5.32 Å². The molecule has 6 nitrogen and oxygen atoms in total. The molecule has 1 N–H and O–H groups in total. The molecule has 3 aliphatic rings. The molecule has 1 aromatic rings. The SMILES string of the molecule is C[C@@]12CN(C(=O)N3CC(CCc4c(F)cccc4C(F)(F)F)C3)CC[C@@H]1OCC(=O)N2. The summed E-state index contributed by atoms with van der Waals surface area (Å²) >= 11 is 0. The Morgan fingerprint density at radius 2 is 2.03 bits per heavy atom. The number of hydrogen-bond acceptors (Lipinski definition) is 3. The highest BCUT2D eigenvalue weighted by Crippen LogP contribution is 2.35. The fourth-order valence-corrected chi connectivity index (χ4v) is 4.79. The number of hydrogen-bond donors (Lipinski definition) is 1. The van der Waals surface area contributed by atoms with Gasteiger partial charge >= 0.3 is 12.2 Å². The lowest BCUT2D eigenvalue weighted by molar-refractivity contribution is -0.148. The molecule has 0 radical (unpaired) electrons. The maximum absolute atomic E-state index is 14.0. The first kappa shape index (κ1) is 21.9. The van der Waals surface area contributed by atoms with Crippen molar-refractivity contribution in [1.82, 2.24) is 15.1 Å². The summed E-state index contributed by atoms with van der Waals surface area (Å²) in [6, 6.07) is 2.85. The Balaban J connectivity index is 1.30. The minimum atomic E-state index is -4.60. The number of urea groups is 1. The number of alkyl halides is 3. The third-order valence-corrected chi connectivity index (χ3v) is 6.46. The van der Waals surface area contributed by atoms with E-state index in [0.717, 1.165) is 18.2 Å². The maximum Gasteiger partial charge on any atom is 0.416 e. The quantitative estimate of drug-likeness (QED) is 0.731. The third kappa shape index (κ3) is 4.35. The summed E-state index contributed by atoms with van der Waals surface area (Å²) in [6.07, 6.45) is -3.77. The van der Waals surface area contributed by atoms with Gasteiger partial charge in [0.05, 0.1) is 17.2 Å². The third-order valence-electron chi connectivity index (χ3n) is 6.46. The van der Waals surface area contributed by atoms with Crippen LogP contribution < -0.4 is 5.32 Å². The van der Waals surface area contributed by atoms with Crippen LogP contribution in [0, 0.1) is 11.7 Å². The van der Waals surface area contributed by atoms with Crippen LogP contribution >= 0.6 is 0 Å². The number of morpholine rings is 1.